The zero-order chi connectivity index (χ0) is 12.7. The van der Waals surface area contributed by atoms with Gasteiger partial charge in [-0.25, -0.2) is 4.79 Å². The van der Waals surface area contributed by atoms with E-state index in [1.165, 1.54) is 0 Å². The van der Waals surface area contributed by atoms with Crippen LogP contribution in [0.15, 0.2) is 0 Å². The summed E-state index contributed by atoms with van der Waals surface area (Å²) in [6.07, 6.45) is 3.61. The molecule has 0 saturated carbocycles. The number of hydrogen-bond acceptors (Lipinski definition) is 3. The summed E-state index contributed by atoms with van der Waals surface area (Å²) in [4.78, 5) is 22.8. The van der Waals surface area contributed by atoms with Crippen LogP contribution in [-0.2, 0) is 14.3 Å². The lowest BCUT2D eigenvalue weighted by molar-refractivity contribution is -0.143. The minimum Gasteiger partial charge on any atom is -0.480 e. The SMILES string of the molecule is CCCC[C@H](NC(=O)C1CCOCC1)C(=O)O. The van der Waals surface area contributed by atoms with E-state index >= 15 is 0 Å². The molecule has 1 fully saturated rings. The number of nitrogens with one attached hydrogen (secondary N) is 1. The van der Waals surface area contributed by atoms with Gasteiger partial charge >= 0.3 is 5.97 Å². The molecule has 0 radical (unpaired) electrons. The molecule has 1 saturated heterocycles. The van der Waals surface area contributed by atoms with Gasteiger partial charge in [0.05, 0.1) is 0 Å². The van der Waals surface area contributed by atoms with Crippen LogP contribution in [0.25, 0.3) is 0 Å². The molecule has 0 aromatic heterocycles. The van der Waals surface area contributed by atoms with Crippen LogP contribution in [-0.4, -0.2) is 36.2 Å². The summed E-state index contributed by atoms with van der Waals surface area (Å²) in [5.74, 6) is -1.18. The maximum Gasteiger partial charge on any atom is 0.326 e. The van der Waals surface area contributed by atoms with Gasteiger partial charge in [0, 0.05) is 19.1 Å². The number of unbranched alkanes of at least 4 members (excludes halogenated alkanes) is 1. The van der Waals surface area contributed by atoms with Gasteiger partial charge in [0.2, 0.25) is 5.91 Å². The zero-order valence-electron chi connectivity index (χ0n) is 10.3. The Morgan fingerprint density at radius 2 is 2.06 bits per heavy atom. The van der Waals surface area contributed by atoms with E-state index in [1.54, 1.807) is 0 Å². The summed E-state index contributed by atoms with van der Waals surface area (Å²) < 4.78 is 5.17. The lowest BCUT2D eigenvalue weighted by Crippen LogP contribution is -2.44. The number of carbonyl (C=O) groups is 2. The first kappa shape index (κ1) is 14.0. The number of aliphatic carboxylic acids is 1. The summed E-state index contributed by atoms with van der Waals surface area (Å²) in [5.41, 5.74) is 0. The van der Waals surface area contributed by atoms with E-state index in [4.69, 9.17) is 9.84 Å². The molecule has 0 spiro atoms. The number of carboxylic acid groups (broad SMARTS) is 1. The summed E-state index contributed by atoms with van der Waals surface area (Å²) >= 11 is 0. The first-order valence-corrected chi connectivity index (χ1v) is 6.26. The van der Waals surface area contributed by atoms with E-state index in [0.717, 1.165) is 12.8 Å². The van der Waals surface area contributed by atoms with Crippen molar-refractivity contribution in [2.24, 2.45) is 5.92 Å². The molecule has 0 bridgehead atoms. The smallest absolute Gasteiger partial charge is 0.326 e. The normalized spacial score (nSPS) is 18.6. The van der Waals surface area contributed by atoms with Crippen LogP contribution in [0.5, 0.6) is 0 Å². The molecule has 1 amide bonds. The van der Waals surface area contributed by atoms with E-state index in [0.29, 0.717) is 32.5 Å². The fraction of sp³-hybridized carbons (Fsp3) is 0.833. The van der Waals surface area contributed by atoms with Gasteiger partial charge in [-0.3, -0.25) is 4.79 Å². The molecule has 1 aliphatic heterocycles. The number of carbonyl (C=O) groups excluding carboxylic acids is 1. The maximum absolute atomic E-state index is 11.8. The van der Waals surface area contributed by atoms with Gasteiger partial charge in [0.15, 0.2) is 0 Å². The molecule has 0 unspecified atom stereocenters. The molecule has 17 heavy (non-hydrogen) atoms. The molecule has 5 heteroatoms. The molecule has 0 aliphatic carbocycles. The number of hydrogen-bond donors (Lipinski definition) is 2. The van der Waals surface area contributed by atoms with E-state index in [1.807, 2.05) is 6.92 Å². The van der Waals surface area contributed by atoms with Gasteiger partial charge < -0.3 is 15.2 Å². The average Bonchev–Trinajstić information content (AvgIpc) is 2.35. The molecular weight excluding hydrogens is 222 g/mol. The number of amides is 1. The molecule has 1 heterocycles. The highest BCUT2D eigenvalue weighted by Gasteiger charge is 2.26. The Bertz CT molecular complexity index is 261. The van der Waals surface area contributed by atoms with Crippen molar-refractivity contribution < 1.29 is 19.4 Å². The predicted molar refractivity (Wildman–Crippen MR) is 62.6 cm³/mol. The Hall–Kier alpha value is -1.10. The molecule has 0 aromatic carbocycles. The van der Waals surface area contributed by atoms with Gasteiger partial charge in [-0.15, -0.1) is 0 Å². The van der Waals surface area contributed by atoms with Crippen molar-refractivity contribution in [1.29, 1.82) is 0 Å². The monoisotopic (exact) mass is 243 g/mol. The van der Waals surface area contributed by atoms with Gasteiger partial charge in [-0.2, -0.15) is 0 Å². The van der Waals surface area contributed by atoms with Crippen LogP contribution in [0, 0.1) is 5.92 Å². The molecular formula is C12H21NO4. The van der Waals surface area contributed by atoms with Gasteiger partial charge in [-0.1, -0.05) is 19.8 Å². The lowest BCUT2D eigenvalue weighted by Gasteiger charge is -2.23. The number of carboxylic acids is 1. The van der Waals surface area contributed by atoms with Gasteiger partial charge in [-0.05, 0) is 19.3 Å². The van der Waals surface area contributed by atoms with Crippen LogP contribution in [0.3, 0.4) is 0 Å². The molecule has 98 valence electrons. The van der Waals surface area contributed by atoms with E-state index in [9.17, 15) is 9.59 Å². The molecule has 1 aliphatic rings. The molecule has 2 N–H and O–H groups in total. The highest BCUT2D eigenvalue weighted by molar-refractivity contribution is 5.84. The first-order chi connectivity index (χ1) is 8.15. The summed E-state index contributed by atoms with van der Waals surface area (Å²) in [5, 5.41) is 11.6. The van der Waals surface area contributed by atoms with Crippen molar-refractivity contribution in [3.63, 3.8) is 0 Å². The van der Waals surface area contributed by atoms with Gasteiger partial charge in [0.1, 0.15) is 6.04 Å². The van der Waals surface area contributed by atoms with Crippen LogP contribution >= 0.6 is 0 Å². The van der Waals surface area contributed by atoms with E-state index in [2.05, 4.69) is 5.32 Å². The van der Waals surface area contributed by atoms with Crippen LogP contribution in [0.1, 0.15) is 39.0 Å². The lowest BCUT2D eigenvalue weighted by atomic mass is 9.98. The minimum absolute atomic E-state index is 0.0905. The third kappa shape index (κ3) is 4.73. The summed E-state index contributed by atoms with van der Waals surface area (Å²) in [6.45, 7) is 3.18. The third-order valence-corrected chi connectivity index (χ3v) is 3.05. The molecule has 1 rings (SSSR count). The molecule has 1 atom stereocenters. The quantitative estimate of drug-likeness (QED) is 0.734. The van der Waals surface area contributed by atoms with Gasteiger partial charge in [0.25, 0.3) is 0 Å². The summed E-state index contributed by atoms with van der Waals surface area (Å²) in [6, 6.07) is -0.745. The number of rotatable bonds is 6. The van der Waals surface area contributed by atoms with Crippen LogP contribution < -0.4 is 5.32 Å². The Balaban J connectivity index is 2.42. The van der Waals surface area contributed by atoms with E-state index < -0.39 is 12.0 Å². The Labute approximate surface area is 102 Å². The average molecular weight is 243 g/mol. The molecule has 5 nitrogen and oxygen atoms in total. The maximum atomic E-state index is 11.8. The molecule has 0 aromatic rings. The van der Waals surface area contributed by atoms with E-state index in [-0.39, 0.29) is 11.8 Å². The second-order valence-electron chi connectivity index (χ2n) is 4.43. The minimum atomic E-state index is -0.946. The Morgan fingerprint density at radius 3 is 2.59 bits per heavy atom. The van der Waals surface area contributed by atoms with Crippen molar-refractivity contribution in [3.8, 4) is 0 Å². The fourth-order valence-electron chi connectivity index (χ4n) is 1.91. The zero-order valence-corrected chi connectivity index (χ0v) is 10.3. The predicted octanol–water partition coefficient (Wildman–Crippen LogP) is 1.17. The van der Waals surface area contributed by atoms with Crippen LogP contribution in [0.2, 0.25) is 0 Å². The highest BCUT2D eigenvalue weighted by Crippen LogP contribution is 2.15. The summed E-state index contributed by atoms with van der Waals surface area (Å²) in [7, 11) is 0. The Morgan fingerprint density at radius 1 is 1.41 bits per heavy atom. The number of ether oxygens (including phenoxy) is 1. The van der Waals surface area contributed by atoms with Crippen molar-refractivity contribution in [1.82, 2.24) is 5.32 Å². The highest BCUT2D eigenvalue weighted by atomic mass is 16.5. The fourth-order valence-corrected chi connectivity index (χ4v) is 1.91. The van der Waals surface area contributed by atoms with Crippen LogP contribution in [0.4, 0.5) is 0 Å². The topological polar surface area (TPSA) is 75.6 Å². The largest absolute Gasteiger partial charge is 0.480 e. The second-order valence-corrected chi connectivity index (χ2v) is 4.43. The van der Waals surface area contributed by atoms with Crippen molar-refractivity contribution in [2.75, 3.05) is 13.2 Å². The first-order valence-electron chi connectivity index (χ1n) is 6.26. The van der Waals surface area contributed by atoms with Crippen molar-refractivity contribution in [2.45, 2.75) is 45.1 Å². The standard InChI is InChI=1S/C12H21NO4/c1-2-3-4-10(12(15)16)13-11(14)9-5-7-17-8-6-9/h9-10H,2-8H2,1H3,(H,13,14)(H,15,16)/t10-/m0/s1. The third-order valence-electron chi connectivity index (χ3n) is 3.05. The van der Waals surface area contributed by atoms with Crippen molar-refractivity contribution in [3.05, 3.63) is 0 Å². The second kappa shape index (κ2) is 7.27. The van der Waals surface area contributed by atoms with Crippen molar-refractivity contribution >= 4 is 11.9 Å². The Kier molecular flexibility index (Phi) is 5.97.